The van der Waals surface area contributed by atoms with Crippen LogP contribution in [0.25, 0.3) is 0 Å². The number of rotatable bonds is 7. The Morgan fingerprint density at radius 2 is 1.66 bits per heavy atom. The molecule has 0 heterocycles. The van der Waals surface area contributed by atoms with Gasteiger partial charge in [-0.1, -0.05) is 55.3 Å². The van der Waals surface area contributed by atoms with Crippen LogP contribution in [0.5, 0.6) is 0 Å². The first-order chi connectivity index (χ1) is 14.1. The number of carbonyl (C=O) groups is 2. The Labute approximate surface area is 177 Å². The predicted molar refractivity (Wildman–Crippen MR) is 120 cm³/mol. The van der Waals surface area contributed by atoms with Crippen molar-refractivity contribution in [1.29, 1.82) is 0 Å². The van der Waals surface area contributed by atoms with E-state index in [0.717, 1.165) is 19.3 Å². The minimum atomic E-state index is -0.177. The summed E-state index contributed by atoms with van der Waals surface area (Å²) in [5, 5.41) is 8.89. The molecule has 0 saturated heterocycles. The molecule has 29 heavy (non-hydrogen) atoms. The summed E-state index contributed by atoms with van der Waals surface area (Å²) in [6.07, 6.45) is 5.89. The maximum Gasteiger partial charge on any atom is 0.253 e. The van der Waals surface area contributed by atoms with Gasteiger partial charge in [0.15, 0.2) is 5.11 Å². The van der Waals surface area contributed by atoms with Crippen molar-refractivity contribution < 1.29 is 9.59 Å². The second-order valence-corrected chi connectivity index (χ2v) is 7.80. The van der Waals surface area contributed by atoms with Crippen molar-refractivity contribution in [2.75, 3.05) is 11.9 Å². The topological polar surface area (TPSA) is 70.2 Å². The van der Waals surface area contributed by atoms with Crippen LogP contribution in [0, 0.1) is 5.92 Å². The Morgan fingerprint density at radius 1 is 0.966 bits per heavy atom. The van der Waals surface area contributed by atoms with Crippen molar-refractivity contribution in [1.82, 2.24) is 10.6 Å². The molecule has 1 saturated carbocycles. The summed E-state index contributed by atoms with van der Waals surface area (Å²) in [4.78, 5) is 24.8. The molecular formula is C23H27N3O2S. The average Bonchev–Trinajstić information content (AvgIpc) is 3.22. The molecule has 1 aliphatic rings. The summed E-state index contributed by atoms with van der Waals surface area (Å²) in [6, 6.07) is 17.2. The lowest BCUT2D eigenvalue weighted by Crippen LogP contribution is -2.35. The minimum Gasteiger partial charge on any atom is -0.352 e. The van der Waals surface area contributed by atoms with Crippen LogP contribution in [0.2, 0.25) is 0 Å². The van der Waals surface area contributed by atoms with Crippen molar-refractivity contribution in [2.24, 2.45) is 5.92 Å². The van der Waals surface area contributed by atoms with Gasteiger partial charge >= 0.3 is 0 Å². The highest BCUT2D eigenvalue weighted by Crippen LogP contribution is 2.27. The van der Waals surface area contributed by atoms with Gasteiger partial charge in [-0.3, -0.25) is 9.59 Å². The zero-order valence-corrected chi connectivity index (χ0v) is 17.3. The summed E-state index contributed by atoms with van der Waals surface area (Å²) in [5.41, 5.74) is 2.24. The van der Waals surface area contributed by atoms with Gasteiger partial charge in [0.05, 0.1) is 11.3 Å². The normalized spacial score (nSPS) is 13.7. The van der Waals surface area contributed by atoms with E-state index in [1.165, 1.54) is 18.4 Å². The zero-order chi connectivity index (χ0) is 20.5. The first-order valence-electron chi connectivity index (χ1n) is 10.1. The van der Waals surface area contributed by atoms with Gasteiger partial charge in [0, 0.05) is 13.0 Å². The van der Waals surface area contributed by atoms with Crippen LogP contribution >= 0.6 is 12.2 Å². The van der Waals surface area contributed by atoms with Crippen molar-refractivity contribution in [2.45, 2.75) is 38.5 Å². The molecule has 3 rings (SSSR count). The van der Waals surface area contributed by atoms with Gasteiger partial charge in [-0.2, -0.15) is 0 Å². The fourth-order valence-corrected chi connectivity index (χ4v) is 3.88. The Morgan fingerprint density at radius 3 is 2.41 bits per heavy atom. The molecule has 0 radical (unpaired) electrons. The third-order valence-corrected chi connectivity index (χ3v) is 5.37. The number of thiocarbonyl (C=S) groups is 1. The molecule has 0 bridgehead atoms. The molecule has 0 unspecified atom stereocenters. The molecule has 0 atom stereocenters. The van der Waals surface area contributed by atoms with Gasteiger partial charge < -0.3 is 16.0 Å². The Bertz CT molecular complexity index is 848. The summed E-state index contributed by atoms with van der Waals surface area (Å²) >= 11 is 5.28. The van der Waals surface area contributed by atoms with Gasteiger partial charge in [-0.05, 0) is 55.1 Å². The van der Waals surface area contributed by atoms with Crippen LogP contribution in [0.1, 0.15) is 48.0 Å². The Hall–Kier alpha value is -2.73. The standard InChI is InChI=1S/C23H27N3O2S/c27-21(16-18-10-4-5-11-18)26-23(29)25-20-13-7-6-12-19(20)22(28)24-15-14-17-8-2-1-3-9-17/h1-3,6-9,12-13,18H,4-5,10-11,14-16H2,(H,24,28)(H2,25,26,27,29). The molecule has 0 aliphatic heterocycles. The molecule has 3 N–H and O–H groups in total. The highest BCUT2D eigenvalue weighted by atomic mass is 32.1. The summed E-state index contributed by atoms with van der Waals surface area (Å²) in [5.74, 6) is 0.212. The van der Waals surface area contributed by atoms with E-state index in [1.807, 2.05) is 36.4 Å². The summed E-state index contributed by atoms with van der Waals surface area (Å²) in [6.45, 7) is 0.541. The lowest BCUT2D eigenvalue weighted by atomic mass is 10.0. The van der Waals surface area contributed by atoms with E-state index in [9.17, 15) is 9.59 Å². The second-order valence-electron chi connectivity index (χ2n) is 7.39. The molecule has 2 aromatic rings. The second kappa shape index (κ2) is 10.7. The number of hydrogen-bond donors (Lipinski definition) is 3. The van der Waals surface area contributed by atoms with E-state index in [4.69, 9.17) is 12.2 Å². The van der Waals surface area contributed by atoms with E-state index in [0.29, 0.717) is 30.1 Å². The molecule has 1 aliphatic carbocycles. The van der Waals surface area contributed by atoms with Crippen LogP contribution in [0.3, 0.4) is 0 Å². The third kappa shape index (κ3) is 6.68. The van der Waals surface area contributed by atoms with E-state index in [-0.39, 0.29) is 16.9 Å². The molecular weight excluding hydrogens is 382 g/mol. The van der Waals surface area contributed by atoms with Gasteiger partial charge in [-0.15, -0.1) is 0 Å². The number of hydrogen-bond acceptors (Lipinski definition) is 3. The van der Waals surface area contributed by atoms with Crippen LogP contribution < -0.4 is 16.0 Å². The molecule has 152 valence electrons. The van der Waals surface area contributed by atoms with Crippen molar-refractivity contribution in [3.63, 3.8) is 0 Å². The monoisotopic (exact) mass is 409 g/mol. The predicted octanol–water partition coefficient (Wildman–Crippen LogP) is 4.05. The largest absolute Gasteiger partial charge is 0.352 e. The number of amides is 2. The first-order valence-corrected chi connectivity index (χ1v) is 10.5. The van der Waals surface area contributed by atoms with Crippen molar-refractivity contribution in [3.05, 3.63) is 65.7 Å². The zero-order valence-electron chi connectivity index (χ0n) is 16.4. The van der Waals surface area contributed by atoms with Crippen LogP contribution in [-0.2, 0) is 11.2 Å². The molecule has 6 heteroatoms. The van der Waals surface area contributed by atoms with Crippen molar-refractivity contribution >= 4 is 34.8 Å². The average molecular weight is 410 g/mol. The maximum atomic E-state index is 12.6. The third-order valence-electron chi connectivity index (χ3n) is 5.16. The molecule has 1 fully saturated rings. The van der Waals surface area contributed by atoms with Gasteiger partial charge in [0.2, 0.25) is 5.91 Å². The summed E-state index contributed by atoms with van der Waals surface area (Å²) < 4.78 is 0. The molecule has 2 aromatic carbocycles. The lowest BCUT2D eigenvalue weighted by Gasteiger charge is -2.14. The van der Waals surface area contributed by atoms with E-state index in [1.54, 1.807) is 18.2 Å². The van der Waals surface area contributed by atoms with Gasteiger partial charge in [0.25, 0.3) is 5.91 Å². The lowest BCUT2D eigenvalue weighted by molar-refractivity contribution is -0.120. The van der Waals surface area contributed by atoms with Crippen LogP contribution in [0.4, 0.5) is 5.69 Å². The van der Waals surface area contributed by atoms with E-state index >= 15 is 0 Å². The number of benzene rings is 2. The minimum absolute atomic E-state index is 0.0702. The molecule has 2 amide bonds. The highest BCUT2D eigenvalue weighted by Gasteiger charge is 2.19. The van der Waals surface area contributed by atoms with Gasteiger partial charge in [0.1, 0.15) is 0 Å². The number of nitrogens with one attached hydrogen (secondary N) is 3. The van der Waals surface area contributed by atoms with E-state index < -0.39 is 0 Å². The smallest absolute Gasteiger partial charge is 0.253 e. The summed E-state index contributed by atoms with van der Waals surface area (Å²) in [7, 11) is 0. The Kier molecular flexibility index (Phi) is 7.76. The fourth-order valence-electron chi connectivity index (χ4n) is 3.66. The van der Waals surface area contributed by atoms with Crippen LogP contribution in [-0.4, -0.2) is 23.5 Å². The molecule has 0 spiro atoms. The van der Waals surface area contributed by atoms with Crippen molar-refractivity contribution in [3.8, 4) is 0 Å². The van der Waals surface area contributed by atoms with Gasteiger partial charge in [-0.25, -0.2) is 0 Å². The van der Waals surface area contributed by atoms with Crippen LogP contribution in [0.15, 0.2) is 54.6 Å². The maximum absolute atomic E-state index is 12.6. The van der Waals surface area contributed by atoms with E-state index in [2.05, 4.69) is 16.0 Å². The SMILES string of the molecule is O=C(CC1CCCC1)NC(=S)Nc1ccccc1C(=O)NCCc1ccccc1. The quantitative estimate of drug-likeness (QED) is 0.604. The Balaban J connectivity index is 1.51. The fraction of sp³-hybridized carbons (Fsp3) is 0.348. The number of anilines is 1. The number of carbonyl (C=O) groups excluding carboxylic acids is 2. The highest BCUT2D eigenvalue weighted by molar-refractivity contribution is 7.80. The molecule has 0 aromatic heterocycles. The first kappa shape index (κ1) is 21.0. The molecule has 5 nitrogen and oxygen atoms in total. The number of para-hydroxylation sites is 1.